The van der Waals surface area contributed by atoms with Crippen molar-refractivity contribution in [3.63, 3.8) is 0 Å². The molecule has 5 heteroatoms. The summed E-state index contributed by atoms with van der Waals surface area (Å²) in [6.45, 7) is 6.11. The lowest BCUT2D eigenvalue weighted by Crippen LogP contribution is -2.51. The molecule has 0 fully saturated rings. The van der Waals surface area contributed by atoms with Crippen LogP contribution in [-0.2, 0) is 4.79 Å². The molecule has 1 aromatic rings. The molecular formula is C14H18BrF2NO. The quantitative estimate of drug-likeness (QED) is 0.886. The fourth-order valence-electron chi connectivity index (χ4n) is 1.52. The molecule has 0 saturated heterocycles. The average molecular weight is 334 g/mol. The fraction of sp³-hybridized carbons (Fsp3) is 0.500. The first-order chi connectivity index (χ1) is 8.54. The van der Waals surface area contributed by atoms with Crippen molar-refractivity contribution < 1.29 is 13.6 Å². The number of amides is 1. The van der Waals surface area contributed by atoms with Crippen molar-refractivity contribution in [2.24, 2.45) is 0 Å². The molecule has 0 aliphatic heterocycles. The summed E-state index contributed by atoms with van der Waals surface area (Å²) in [5, 5.41) is 2.46. The third-order valence-electron chi connectivity index (χ3n) is 2.57. The maximum Gasteiger partial charge on any atom is 0.261 e. The number of benzene rings is 1. The zero-order chi connectivity index (χ0) is 14.8. The molecule has 2 atom stereocenters. The highest BCUT2D eigenvalue weighted by Crippen LogP contribution is 2.34. The van der Waals surface area contributed by atoms with Crippen LogP contribution < -0.4 is 5.32 Å². The van der Waals surface area contributed by atoms with Gasteiger partial charge in [-0.3, -0.25) is 4.79 Å². The van der Waals surface area contributed by atoms with Crippen LogP contribution in [-0.4, -0.2) is 17.1 Å². The summed E-state index contributed by atoms with van der Waals surface area (Å²) in [4.78, 5) is 11.8. The zero-order valence-corrected chi connectivity index (χ0v) is 13.0. The van der Waals surface area contributed by atoms with Gasteiger partial charge in [0.2, 0.25) is 5.67 Å². The Kier molecular flexibility index (Phi) is 4.72. The van der Waals surface area contributed by atoms with E-state index in [2.05, 4.69) is 21.2 Å². The summed E-state index contributed by atoms with van der Waals surface area (Å²) in [7, 11) is 0. The number of carbonyl (C=O) groups excluding carboxylic acids is 1. The Morgan fingerprint density at radius 1 is 1.21 bits per heavy atom. The Balaban J connectivity index is 2.92. The third-order valence-corrected chi connectivity index (χ3v) is 3.10. The minimum absolute atomic E-state index is 0.136. The van der Waals surface area contributed by atoms with Crippen LogP contribution >= 0.6 is 15.9 Å². The van der Waals surface area contributed by atoms with Crippen molar-refractivity contribution in [2.45, 2.75) is 45.1 Å². The number of rotatable bonds is 3. The van der Waals surface area contributed by atoms with E-state index < -0.39 is 23.3 Å². The molecule has 0 saturated carbocycles. The van der Waals surface area contributed by atoms with Gasteiger partial charge in [0.1, 0.15) is 0 Å². The smallest absolute Gasteiger partial charge is 0.261 e. The highest BCUT2D eigenvalue weighted by molar-refractivity contribution is 9.10. The van der Waals surface area contributed by atoms with Crippen molar-refractivity contribution in [1.82, 2.24) is 5.32 Å². The number of carbonyl (C=O) groups is 1. The van der Waals surface area contributed by atoms with E-state index in [0.717, 1.165) is 11.4 Å². The maximum absolute atomic E-state index is 14.4. The van der Waals surface area contributed by atoms with Crippen molar-refractivity contribution >= 4 is 21.8 Å². The number of alkyl halides is 2. The molecule has 1 N–H and O–H groups in total. The van der Waals surface area contributed by atoms with Gasteiger partial charge in [0.15, 0.2) is 6.17 Å². The van der Waals surface area contributed by atoms with Gasteiger partial charge >= 0.3 is 0 Å². The van der Waals surface area contributed by atoms with Crippen LogP contribution in [0.1, 0.15) is 39.4 Å². The molecule has 0 aliphatic rings. The Hall–Kier alpha value is -0.970. The summed E-state index contributed by atoms with van der Waals surface area (Å²) in [5.74, 6) is -0.949. The molecule has 0 aromatic heterocycles. The van der Waals surface area contributed by atoms with E-state index in [9.17, 15) is 13.6 Å². The first kappa shape index (κ1) is 16.1. The summed E-state index contributed by atoms with van der Waals surface area (Å²) in [6.07, 6.45) is -2.01. The second kappa shape index (κ2) is 5.57. The van der Waals surface area contributed by atoms with Crippen LogP contribution in [0.2, 0.25) is 0 Å². The molecule has 0 spiro atoms. The lowest BCUT2D eigenvalue weighted by Gasteiger charge is -2.29. The van der Waals surface area contributed by atoms with Gasteiger partial charge in [-0.15, -0.1) is 0 Å². The molecule has 0 radical (unpaired) electrons. The maximum atomic E-state index is 14.4. The van der Waals surface area contributed by atoms with E-state index in [-0.39, 0.29) is 5.56 Å². The Bertz CT molecular complexity index is 452. The van der Waals surface area contributed by atoms with Crippen LogP contribution in [0, 0.1) is 0 Å². The topological polar surface area (TPSA) is 29.1 Å². The van der Waals surface area contributed by atoms with E-state index in [1.165, 1.54) is 12.1 Å². The van der Waals surface area contributed by atoms with Gasteiger partial charge in [0, 0.05) is 10.0 Å². The lowest BCUT2D eigenvalue weighted by molar-refractivity contribution is -0.137. The summed E-state index contributed by atoms with van der Waals surface area (Å²) in [5.41, 5.74) is -3.08. The van der Waals surface area contributed by atoms with Gasteiger partial charge in [-0.25, -0.2) is 8.78 Å². The average Bonchev–Trinajstić information content (AvgIpc) is 2.26. The fourth-order valence-corrected chi connectivity index (χ4v) is 1.79. The van der Waals surface area contributed by atoms with Crippen molar-refractivity contribution in [3.8, 4) is 0 Å². The van der Waals surface area contributed by atoms with E-state index in [4.69, 9.17) is 0 Å². The standard InChI is InChI=1S/C14H18BrF2NO/c1-13(2,3)18-12(19)14(4,17)11(16)9-5-7-10(15)8-6-9/h5-8,11H,1-4H3,(H,18,19)/t11-,14-/m0/s1. The number of hydrogen-bond donors (Lipinski definition) is 1. The molecule has 1 amide bonds. The molecule has 19 heavy (non-hydrogen) atoms. The molecule has 0 unspecified atom stereocenters. The largest absolute Gasteiger partial charge is 0.349 e. The highest BCUT2D eigenvalue weighted by Gasteiger charge is 2.44. The van der Waals surface area contributed by atoms with Crippen LogP contribution in [0.25, 0.3) is 0 Å². The van der Waals surface area contributed by atoms with E-state index in [0.29, 0.717) is 0 Å². The monoisotopic (exact) mass is 333 g/mol. The van der Waals surface area contributed by atoms with Crippen LogP contribution in [0.3, 0.4) is 0 Å². The van der Waals surface area contributed by atoms with E-state index in [1.54, 1.807) is 32.9 Å². The van der Waals surface area contributed by atoms with E-state index in [1.807, 2.05) is 0 Å². The number of halogens is 3. The van der Waals surface area contributed by atoms with Crippen LogP contribution in [0.15, 0.2) is 28.7 Å². The zero-order valence-electron chi connectivity index (χ0n) is 11.4. The van der Waals surface area contributed by atoms with Gasteiger partial charge in [-0.2, -0.15) is 0 Å². The van der Waals surface area contributed by atoms with Gasteiger partial charge in [0.25, 0.3) is 5.91 Å². The highest BCUT2D eigenvalue weighted by atomic mass is 79.9. The SMILES string of the molecule is CC(C)(C)NC(=O)[C@@](C)(F)[C@@H](F)c1ccc(Br)cc1. The normalized spacial score (nSPS) is 16.6. The predicted molar refractivity (Wildman–Crippen MR) is 75.4 cm³/mol. The minimum Gasteiger partial charge on any atom is -0.349 e. The molecule has 1 aromatic carbocycles. The van der Waals surface area contributed by atoms with Crippen molar-refractivity contribution in [2.75, 3.05) is 0 Å². The molecule has 106 valence electrons. The number of nitrogens with one attached hydrogen (secondary N) is 1. The Morgan fingerprint density at radius 2 is 1.68 bits per heavy atom. The first-order valence-corrected chi connectivity index (χ1v) is 6.74. The minimum atomic E-state index is -2.61. The Morgan fingerprint density at radius 3 is 2.11 bits per heavy atom. The number of hydrogen-bond acceptors (Lipinski definition) is 1. The van der Waals surface area contributed by atoms with Crippen molar-refractivity contribution in [1.29, 1.82) is 0 Å². The van der Waals surface area contributed by atoms with Gasteiger partial charge < -0.3 is 5.32 Å². The lowest BCUT2D eigenvalue weighted by atomic mass is 9.94. The molecule has 0 aliphatic carbocycles. The van der Waals surface area contributed by atoms with Crippen LogP contribution in [0.5, 0.6) is 0 Å². The second-order valence-electron chi connectivity index (χ2n) is 5.69. The van der Waals surface area contributed by atoms with Crippen molar-refractivity contribution in [3.05, 3.63) is 34.3 Å². The third kappa shape index (κ3) is 4.27. The molecular weight excluding hydrogens is 316 g/mol. The summed E-state index contributed by atoms with van der Waals surface area (Å²) >= 11 is 3.22. The van der Waals surface area contributed by atoms with Crippen LogP contribution in [0.4, 0.5) is 8.78 Å². The summed E-state index contributed by atoms with van der Waals surface area (Å²) in [6, 6.07) is 6.13. The molecule has 0 bridgehead atoms. The molecule has 2 nitrogen and oxygen atoms in total. The molecule has 0 heterocycles. The van der Waals surface area contributed by atoms with Gasteiger partial charge in [-0.05, 0) is 45.4 Å². The Labute approximate surface area is 120 Å². The first-order valence-electron chi connectivity index (χ1n) is 5.95. The van der Waals surface area contributed by atoms with Gasteiger partial charge in [0.05, 0.1) is 0 Å². The summed E-state index contributed by atoms with van der Waals surface area (Å²) < 4.78 is 29.4. The van der Waals surface area contributed by atoms with E-state index >= 15 is 0 Å². The van der Waals surface area contributed by atoms with Gasteiger partial charge in [-0.1, -0.05) is 28.1 Å². The molecule has 1 rings (SSSR count). The second-order valence-corrected chi connectivity index (χ2v) is 6.61. The predicted octanol–water partition coefficient (Wildman–Crippen LogP) is 4.10.